The molecule has 5 nitrogen and oxygen atoms in total. The van der Waals surface area contributed by atoms with E-state index in [1.165, 1.54) is 6.07 Å². The van der Waals surface area contributed by atoms with E-state index in [0.717, 1.165) is 33.3 Å². The number of para-hydroxylation sites is 2. The summed E-state index contributed by atoms with van der Waals surface area (Å²) in [5, 5.41) is 4.25. The first-order chi connectivity index (χ1) is 11.7. The predicted octanol–water partition coefficient (Wildman–Crippen LogP) is 3.86. The van der Waals surface area contributed by atoms with E-state index in [1.54, 1.807) is 12.1 Å². The zero-order valence-corrected chi connectivity index (χ0v) is 12.9. The van der Waals surface area contributed by atoms with E-state index in [2.05, 4.69) is 24.8 Å². The van der Waals surface area contributed by atoms with E-state index in [-0.39, 0.29) is 12.0 Å². The van der Waals surface area contributed by atoms with Crippen LogP contribution >= 0.6 is 0 Å². The fourth-order valence-electron chi connectivity index (χ4n) is 3.37. The van der Waals surface area contributed by atoms with Crippen molar-refractivity contribution in [3.63, 3.8) is 0 Å². The van der Waals surface area contributed by atoms with Gasteiger partial charge in [-0.25, -0.2) is 14.4 Å². The topological polar surface area (TPSA) is 58.0 Å². The Balaban J connectivity index is 1.80. The van der Waals surface area contributed by atoms with Crippen molar-refractivity contribution >= 4 is 33.7 Å². The van der Waals surface area contributed by atoms with Crippen LogP contribution in [0.3, 0.4) is 0 Å². The van der Waals surface area contributed by atoms with E-state index < -0.39 is 0 Å². The summed E-state index contributed by atoms with van der Waals surface area (Å²) in [5.41, 5.74) is 3.75. The lowest BCUT2D eigenvalue weighted by molar-refractivity contribution is 0.556. The highest BCUT2D eigenvalue weighted by molar-refractivity contribution is 5.89. The van der Waals surface area contributed by atoms with Gasteiger partial charge in [0.1, 0.15) is 17.8 Å². The van der Waals surface area contributed by atoms with Crippen molar-refractivity contribution in [2.75, 3.05) is 0 Å². The highest BCUT2D eigenvalue weighted by Crippen LogP contribution is 2.34. The number of hydrogen-bond acceptors (Lipinski definition) is 3. The molecule has 0 saturated carbocycles. The highest BCUT2D eigenvalue weighted by atomic mass is 19.1. The molecule has 0 saturated heterocycles. The van der Waals surface area contributed by atoms with E-state index in [9.17, 15) is 4.39 Å². The molecule has 118 valence electrons. The lowest BCUT2D eigenvalue weighted by Crippen LogP contribution is -2.34. The van der Waals surface area contributed by atoms with Crippen molar-refractivity contribution in [3.8, 4) is 0 Å². The number of fused-ring (bicyclic) bond motifs is 4. The summed E-state index contributed by atoms with van der Waals surface area (Å²) < 4.78 is 15.8. The summed E-state index contributed by atoms with van der Waals surface area (Å²) in [6.45, 7) is 1.91. The third kappa shape index (κ3) is 1.79. The third-order valence-corrected chi connectivity index (χ3v) is 4.42. The molecule has 4 aromatic rings. The van der Waals surface area contributed by atoms with E-state index >= 15 is 0 Å². The molecule has 3 heterocycles. The maximum Gasteiger partial charge on any atom is 0.234 e. The second kappa shape index (κ2) is 4.67. The summed E-state index contributed by atoms with van der Waals surface area (Å²) >= 11 is 0. The Morgan fingerprint density at radius 3 is 2.96 bits per heavy atom. The molecule has 0 radical (unpaired) electrons. The zero-order chi connectivity index (χ0) is 16.3. The number of imidazole rings is 1. The number of nitrogens with zero attached hydrogens (tertiary/aromatic N) is 3. The quantitative estimate of drug-likeness (QED) is 0.560. The maximum atomic E-state index is 13.7. The number of aromatic amines is 1. The zero-order valence-electron chi connectivity index (χ0n) is 12.9. The Hall–Kier alpha value is -3.15. The summed E-state index contributed by atoms with van der Waals surface area (Å²) in [6, 6.07) is 12.7. The minimum absolute atomic E-state index is 0.194. The number of benzene rings is 2. The van der Waals surface area contributed by atoms with Gasteiger partial charge in [-0.3, -0.25) is 4.57 Å². The Morgan fingerprint density at radius 2 is 2.04 bits per heavy atom. The van der Waals surface area contributed by atoms with Crippen LogP contribution in [-0.2, 0) is 0 Å². The Morgan fingerprint density at radius 1 is 1.17 bits per heavy atom. The van der Waals surface area contributed by atoms with Gasteiger partial charge in [-0.2, -0.15) is 0 Å². The number of aromatic nitrogens is 3. The number of nitrogens with one attached hydrogen (secondary N) is 2. The lowest BCUT2D eigenvalue weighted by Gasteiger charge is -2.26. The fraction of sp³-hybridized carbons (Fsp3) is 0.111. The van der Waals surface area contributed by atoms with Crippen LogP contribution in [0.4, 0.5) is 10.3 Å². The Bertz CT molecular complexity index is 1120. The molecule has 1 unspecified atom stereocenters. The van der Waals surface area contributed by atoms with Crippen molar-refractivity contribution < 1.29 is 4.39 Å². The van der Waals surface area contributed by atoms with Gasteiger partial charge in [0.25, 0.3) is 0 Å². The molecule has 0 amide bonds. The van der Waals surface area contributed by atoms with E-state index in [1.807, 2.05) is 37.4 Å². The maximum absolute atomic E-state index is 13.7. The first-order valence-corrected chi connectivity index (χ1v) is 7.76. The smallest absolute Gasteiger partial charge is 0.234 e. The van der Waals surface area contributed by atoms with Crippen LogP contribution in [0.1, 0.15) is 18.7 Å². The normalized spacial score (nSPS) is 16.9. The minimum atomic E-state index is -0.250. The van der Waals surface area contributed by atoms with Crippen molar-refractivity contribution in [2.24, 2.45) is 4.99 Å². The van der Waals surface area contributed by atoms with Gasteiger partial charge in [0.15, 0.2) is 0 Å². The molecule has 2 N–H and O–H groups in total. The first-order valence-electron chi connectivity index (χ1n) is 7.76. The van der Waals surface area contributed by atoms with Gasteiger partial charge in [0.2, 0.25) is 5.95 Å². The molecule has 1 atom stereocenters. The van der Waals surface area contributed by atoms with Gasteiger partial charge in [0.05, 0.1) is 11.0 Å². The molecule has 0 spiro atoms. The average molecular weight is 319 g/mol. The minimum Gasteiger partial charge on any atom is -0.361 e. The summed E-state index contributed by atoms with van der Waals surface area (Å²) in [4.78, 5) is 12.3. The molecule has 0 bridgehead atoms. The monoisotopic (exact) mass is 319 g/mol. The van der Waals surface area contributed by atoms with Gasteiger partial charge >= 0.3 is 0 Å². The van der Waals surface area contributed by atoms with Gasteiger partial charge in [-0.05, 0) is 37.3 Å². The SMILES string of the molecule is CC1=Nc2nc3ccccc3n2C(c2c[nH]c3ccc(F)cc23)N1. The molecule has 6 heteroatoms. The highest BCUT2D eigenvalue weighted by Gasteiger charge is 2.26. The Kier molecular flexibility index (Phi) is 2.59. The molecule has 2 aromatic heterocycles. The van der Waals surface area contributed by atoms with Crippen LogP contribution in [0.15, 0.2) is 53.7 Å². The number of amidine groups is 1. The number of halogens is 1. The second-order valence-corrected chi connectivity index (χ2v) is 5.95. The standard InChI is InChI=1S/C18H14FN5/c1-10-21-17(13-9-20-14-7-6-11(19)8-12(13)14)24-16-5-3-2-4-15(16)23-18(24)22-10/h2-9,17,20H,1H3,(H,21,22,23). The van der Waals surface area contributed by atoms with Crippen LogP contribution in [0.25, 0.3) is 21.9 Å². The summed E-state index contributed by atoms with van der Waals surface area (Å²) in [5.74, 6) is 1.19. The van der Waals surface area contributed by atoms with Crippen molar-refractivity contribution in [3.05, 3.63) is 60.0 Å². The van der Waals surface area contributed by atoms with Crippen molar-refractivity contribution in [1.29, 1.82) is 0 Å². The van der Waals surface area contributed by atoms with Crippen LogP contribution in [0.5, 0.6) is 0 Å². The number of hydrogen-bond donors (Lipinski definition) is 2. The molecule has 24 heavy (non-hydrogen) atoms. The number of H-pyrrole nitrogens is 1. The Labute approximate surface area is 136 Å². The van der Waals surface area contributed by atoms with Crippen LogP contribution in [0.2, 0.25) is 0 Å². The van der Waals surface area contributed by atoms with Crippen LogP contribution < -0.4 is 5.32 Å². The molecular weight excluding hydrogens is 305 g/mol. The van der Waals surface area contributed by atoms with Gasteiger partial charge < -0.3 is 10.3 Å². The summed E-state index contributed by atoms with van der Waals surface area (Å²) in [6.07, 6.45) is 1.72. The second-order valence-electron chi connectivity index (χ2n) is 5.95. The number of aliphatic imine (C=N–C) groups is 1. The van der Waals surface area contributed by atoms with Gasteiger partial charge in [-0.15, -0.1) is 0 Å². The van der Waals surface area contributed by atoms with Crippen LogP contribution in [-0.4, -0.2) is 20.4 Å². The van der Waals surface area contributed by atoms with Crippen molar-refractivity contribution in [1.82, 2.24) is 19.9 Å². The third-order valence-electron chi connectivity index (χ3n) is 4.42. The van der Waals surface area contributed by atoms with Gasteiger partial charge in [0, 0.05) is 22.7 Å². The molecule has 1 aliphatic heterocycles. The predicted molar refractivity (Wildman–Crippen MR) is 92.0 cm³/mol. The first kappa shape index (κ1) is 13.3. The van der Waals surface area contributed by atoms with E-state index in [0.29, 0.717) is 5.95 Å². The summed E-state index contributed by atoms with van der Waals surface area (Å²) in [7, 11) is 0. The molecule has 2 aromatic carbocycles. The van der Waals surface area contributed by atoms with Crippen molar-refractivity contribution in [2.45, 2.75) is 13.1 Å². The van der Waals surface area contributed by atoms with Gasteiger partial charge in [-0.1, -0.05) is 12.1 Å². The molecule has 0 aliphatic carbocycles. The average Bonchev–Trinajstić information content (AvgIpc) is 3.14. The molecule has 1 aliphatic rings. The lowest BCUT2D eigenvalue weighted by atomic mass is 10.1. The molecule has 5 rings (SSSR count). The largest absolute Gasteiger partial charge is 0.361 e. The van der Waals surface area contributed by atoms with Crippen LogP contribution in [0, 0.1) is 5.82 Å². The molecule has 0 fully saturated rings. The van der Waals surface area contributed by atoms with E-state index in [4.69, 9.17) is 0 Å². The number of rotatable bonds is 1. The fourth-order valence-corrected chi connectivity index (χ4v) is 3.37. The molecular formula is C18H14FN5.